The lowest BCUT2D eigenvalue weighted by atomic mass is 10.2. The third-order valence-electron chi connectivity index (χ3n) is 1.04. The molecule has 1 amide bonds. The Balaban J connectivity index is 3.37. The average Bonchev–Trinajstić information content (AvgIpc) is 2.08. The van der Waals surface area contributed by atoms with Gasteiger partial charge >= 0.3 is 6.09 Å². The molecule has 4 heteroatoms. The minimum absolute atomic E-state index is 0.165. The molecule has 1 heterocycles. The molecule has 0 saturated carbocycles. The molecule has 4 nitrogen and oxygen atoms in total. The van der Waals surface area contributed by atoms with Gasteiger partial charge in [-0.15, -0.1) is 0 Å². The molecule has 1 fully saturated rings. The Hall–Kier alpha value is -0.770. The lowest BCUT2D eigenvalue weighted by Crippen LogP contribution is -2.48. The number of nitrogens with one attached hydrogen (secondary N) is 1. The monoisotopic (exact) mass is 194 g/mol. The molecule has 0 aromatic heterocycles. The highest BCUT2D eigenvalue weighted by Gasteiger charge is 2.22. The summed E-state index contributed by atoms with van der Waals surface area (Å²) < 4.78 is 65.9. The summed E-state index contributed by atoms with van der Waals surface area (Å²) in [7, 11) is 0. The van der Waals surface area contributed by atoms with Crippen molar-refractivity contribution in [1.29, 1.82) is 0 Å². The van der Waals surface area contributed by atoms with Gasteiger partial charge in [0.05, 0.1) is 5.48 Å². The van der Waals surface area contributed by atoms with Gasteiger partial charge in [-0.05, 0) is 20.8 Å². The molecule has 0 unspecified atom stereocenters. The van der Waals surface area contributed by atoms with Crippen molar-refractivity contribution in [3.63, 3.8) is 0 Å². The number of amides is 1. The molecule has 1 aliphatic rings. The van der Waals surface area contributed by atoms with Crippen LogP contribution < -0.4 is 5.32 Å². The second kappa shape index (κ2) is 3.96. The SMILES string of the molecule is [2H]C1([2H])NC([2H])([2H])C([2H])([2H])N(C(=O)OC(C)(C)C)C1([2H])[2H]. The van der Waals surface area contributed by atoms with E-state index in [2.05, 4.69) is 0 Å². The maximum atomic E-state index is 12.1. The standard InChI is InChI=1S/C9H18N2O2/c1-9(2,3)13-8(12)11-6-4-10-5-7-11/h10H,4-7H2,1-3H3/i4D2,5D2,6D2,7D2. The summed E-state index contributed by atoms with van der Waals surface area (Å²) in [5, 5.41) is 1.63. The summed E-state index contributed by atoms with van der Waals surface area (Å²) in [6.45, 7) is -7.93. The molecule has 0 aliphatic carbocycles. The molecule has 1 rings (SSSR count). The summed E-state index contributed by atoms with van der Waals surface area (Å²) >= 11 is 0. The van der Waals surface area contributed by atoms with E-state index in [0.717, 1.165) is 0 Å². The number of carbonyl (C=O) groups is 1. The molecule has 0 bridgehead atoms. The number of hydrogen-bond donors (Lipinski definition) is 1. The van der Waals surface area contributed by atoms with E-state index in [9.17, 15) is 4.79 Å². The highest BCUT2D eigenvalue weighted by atomic mass is 16.6. The fourth-order valence-corrected chi connectivity index (χ4v) is 0.626. The summed E-state index contributed by atoms with van der Waals surface area (Å²) in [5.74, 6) is 0. The highest BCUT2D eigenvalue weighted by molar-refractivity contribution is 5.68. The van der Waals surface area contributed by atoms with E-state index in [1.807, 2.05) is 0 Å². The smallest absolute Gasteiger partial charge is 0.410 e. The molecule has 1 saturated heterocycles. The van der Waals surface area contributed by atoms with Gasteiger partial charge in [0.2, 0.25) is 0 Å². The fraction of sp³-hybridized carbons (Fsp3) is 0.889. The van der Waals surface area contributed by atoms with Gasteiger partial charge in [0.15, 0.2) is 0 Å². The Morgan fingerprint density at radius 2 is 2.00 bits per heavy atom. The molecule has 1 N–H and O–H groups in total. The van der Waals surface area contributed by atoms with Crippen LogP contribution in [0.25, 0.3) is 0 Å². The van der Waals surface area contributed by atoms with Crippen LogP contribution in [0.4, 0.5) is 4.79 Å². The number of piperazine rings is 1. The van der Waals surface area contributed by atoms with Crippen molar-refractivity contribution >= 4 is 6.09 Å². The van der Waals surface area contributed by atoms with Gasteiger partial charge < -0.3 is 15.0 Å². The Labute approximate surface area is 90.5 Å². The molecule has 1 aliphatic heterocycles. The topological polar surface area (TPSA) is 41.6 Å². The maximum Gasteiger partial charge on any atom is 0.410 e. The Morgan fingerprint density at radius 3 is 2.46 bits per heavy atom. The average molecular weight is 194 g/mol. The lowest BCUT2D eigenvalue weighted by molar-refractivity contribution is 0.0229. The predicted molar refractivity (Wildman–Crippen MR) is 50.7 cm³/mol. The number of ether oxygens (including phenoxy) is 1. The van der Waals surface area contributed by atoms with Crippen LogP contribution in [0, 0.1) is 0 Å². The van der Waals surface area contributed by atoms with E-state index in [0.29, 0.717) is 0 Å². The van der Waals surface area contributed by atoms with E-state index < -0.39 is 37.7 Å². The normalized spacial score (nSPS) is 43.2. The van der Waals surface area contributed by atoms with E-state index in [1.165, 1.54) is 20.8 Å². The van der Waals surface area contributed by atoms with Crippen molar-refractivity contribution in [3.05, 3.63) is 0 Å². The third-order valence-corrected chi connectivity index (χ3v) is 1.04. The van der Waals surface area contributed by atoms with E-state index >= 15 is 0 Å². The molecule has 0 spiro atoms. The second-order valence-corrected chi connectivity index (χ2v) is 3.41. The summed E-state index contributed by atoms with van der Waals surface area (Å²) in [6.07, 6.45) is -1.48. The largest absolute Gasteiger partial charge is 0.444 e. The first kappa shape index (κ1) is 3.77. The van der Waals surface area contributed by atoms with Crippen molar-refractivity contribution in [2.24, 2.45) is 0 Å². The molecular weight excluding hydrogens is 168 g/mol. The van der Waals surface area contributed by atoms with Gasteiger partial charge in [0, 0.05) is 31.5 Å². The van der Waals surface area contributed by atoms with Crippen LogP contribution in [-0.2, 0) is 4.74 Å². The Bertz CT molecular complexity index is 420. The first-order valence-corrected chi connectivity index (χ1v) is 3.78. The number of nitrogens with zero attached hydrogens (tertiary/aromatic N) is 1. The van der Waals surface area contributed by atoms with Crippen LogP contribution in [0.5, 0.6) is 0 Å². The molecule has 13 heavy (non-hydrogen) atoms. The van der Waals surface area contributed by atoms with Crippen LogP contribution in [0.2, 0.25) is 0 Å². The molecule has 0 aromatic carbocycles. The molecule has 0 radical (unpaired) electrons. The Kier molecular flexibility index (Phi) is 1.15. The van der Waals surface area contributed by atoms with Gasteiger partial charge in [-0.25, -0.2) is 4.79 Å². The summed E-state index contributed by atoms with van der Waals surface area (Å²) in [5.41, 5.74) is -1.08. The van der Waals surface area contributed by atoms with Crippen LogP contribution >= 0.6 is 0 Å². The first-order valence-electron chi connectivity index (χ1n) is 7.78. The first-order chi connectivity index (χ1) is 8.96. The van der Waals surface area contributed by atoms with Crippen molar-refractivity contribution in [2.75, 3.05) is 26.0 Å². The van der Waals surface area contributed by atoms with Crippen LogP contribution in [0.1, 0.15) is 31.7 Å². The molecule has 0 aromatic rings. The van der Waals surface area contributed by atoms with Crippen LogP contribution in [0.3, 0.4) is 0 Å². The quantitative estimate of drug-likeness (QED) is 0.621. The minimum Gasteiger partial charge on any atom is -0.444 e. The zero-order valence-corrected chi connectivity index (χ0v) is 7.76. The predicted octanol–water partition coefficient (Wildman–Crippen LogP) is 0.827. The number of rotatable bonds is 0. The van der Waals surface area contributed by atoms with Crippen molar-refractivity contribution in [3.8, 4) is 0 Å². The van der Waals surface area contributed by atoms with Gasteiger partial charge in [-0.1, -0.05) is 0 Å². The van der Waals surface area contributed by atoms with Crippen molar-refractivity contribution < 1.29 is 20.5 Å². The Morgan fingerprint density at radius 1 is 1.46 bits per heavy atom. The second-order valence-electron chi connectivity index (χ2n) is 3.41. The zero-order valence-electron chi connectivity index (χ0n) is 15.8. The van der Waals surface area contributed by atoms with Crippen molar-refractivity contribution in [1.82, 2.24) is 10.2 Å². The van der Waals surface area contributed by atoms with Crippen molar-refractivity contribution in [2.45, 2.75) is 26.4 Å². The van der Waals surface area contributed by atoms with Gasteiger partial charge in [0.1, 0.15) is 5.60 Å². The van der Waals surface area contributed by atoms with E-state index in [-0.39, 0.29) is 4.90 Å². The zero-order chi connectivity index (χ0) is 17.1. The van der Waals surface area contributed by atoms with Gasteiger partial charge in [-0.3, -0.25) is 0 Å². The molecular formula is C9H18N2O2. The number of hydrogen-bond acceptors (Lipinski definition) is 3. The van der Waals surface area contributed by atoms with E-state index in [1.54, 1.807) is 5.32 Å². The maximum absolute atomic E-state index is 12.1. The molecule has 0 atom stereocenters. The van der Waals surface area contributed by atoms with Crippen LogP contribution in [-0.4, -0.2) is 42.6 Å². The van der Waals surface area contributed by atoms with Gasteiger partial charge in [-0.2, -0.15) is 0 Å². The fourth-order valence-electron chi connectivity index (χ4n) is 0.626. The third kappa shape index (κ3) is 3.63. The van der Waals surface area contributed by atoms with Gasteiger partial charge in [0.25, 0.3) is 0 Å². The minimum atomic E-state index is -3.16. The molecule has 76 valence electrons. The highest BCUT2D eigenvalue weighted by Crippen LogP contribution is 2.09. The number of carbonyl (C=O) groups excluding carboxylic acids is 1. The van der Waals surface area contributed by atoms with E-state index in [4.69, 9.17) is 15.7 Å². The summed E-state index contributed by atoms with van der Waals surface area (Å²) in [4.78, 5) is 11.9. The summed E-state index contributed by atoms with van der Waals surface area (Å²) in [6, 6.07) is 0. The van der Waals surface area contributed by atoms with Crippen LogP contribution in [0.15, 0.2) is 0 Å². The lowest BCUT2D eigenvalue weighted by Gasteiger charge is -2.30.